The van der Waals surface area contributed by atoms with Crippen LogP contribution in [0, 0.1) is 37.8 Å². The van der Waals surface area contributed by atoms with E-state index in [0.717, 1.165) is 5.56 Å². The molecule has 2 aromatic rings. The van der Waals surface area contributed by atoms with Gasteiger partial charge in [-0.15, -0.1) is 0 Å². The fourth-order valence-electron chi connectivity index (χ4n) is 1.55. The maximum absolute atomic E-state index is 10.4. The molecule has 0 atom stereocenters. The minimum absolute atomic E-state index is 0. The van der Waals surface area contributed by atoms with Crippen molar-refractivity contribution in [2.45, 2.75) is 49.0 Å². The minimum atomic E-state index is -0.359. The van der Waals surface area contributed by atoms with Gasteiger partial charge in [0.1, 0.15) is 0 Å². The Morgan fingerprint density at radius 3 is 1.45 bits per heavy atom. The fourth-order valence-corrected chi connectivity index (χ4v) is 1.55. The largest absolute Gasteiger partial charge is 0.272 e. The highest BCUT2D eigenvalue weighted by Crippen LogP contribution is 2.18. The topological polar surface area (TPSA) is 43.1 Å². The van der Waals surface area contributed by atoms with Crippen molar-refractivity contribution in [3.05, 3.63) is 74.8 Å². The summed E-state index contributed by atoms with van der Waals surface area (Å²) in [6, 6.07) is 13.7. The van der Waals surface area contributed by atoms with Gasteiger partial charge < -0.3 is 0 Å². The SMILES string of the molecule is C.CC.Cc1ccc(C)c([N+](=O)[O-])c1.Cc1ccc(C)cc1. The zero-order valence-electron chi connectivity index (χ0n) is 13.8. The van der Waals surface area contributed by atoms with Crippen LogP contribution in [0.3, 0.4) is 0 Å². The molecule has 0 aliphatic carbocycles. The third kappa shape index (κ3) is 8.20. The number of hydrogen-bond acceptors (Lipinski definition) is 2. The number of aryl methyl sites for hydroxylation is 4. The van der Waals surface area contributed by atoms with Gasteiger partial charge in [-0.3, -0.25) is 10.1 Å². The van der Waals surface area contributed by atoms with Crippen LogP contribution in [0.25, 0.3) is 0 Å². The maximum atomic E-state index is 10.4. The van der Waals surface area contributed by atoms with Crippen molar-refractivity contribution in [2.24, 2.45) is 0 Å². The normalized spacial score (nSPS) is 8.45. The third-order valence-electron chi connectivity index (χ3n) is 2.78. The molecule has 0 N–H and O–H groups in total. The van der Waals surface area contributed by atoms with Crippen LogP contribution in [-0.2, 0) is 0 Å². The molecule has 0 saturated heterocycles. The number of nitrogens with zero attached hydrogens (tertiary/aromatic N) is 1. The molecule has 2 rings (SSSR count). The number of hydrogen-bond donors (Lipinski definition) is 0. The second kappa shape index (κ2) is 11.5. The number of nitro benzene ring substituents is 1. The monoisotopic (exact) mass is 303 g/mol. The van der Waals surface area contributed by atoms with Crippen molar-refractivity contribution in [1.82, 2.24) is 0 Å². The summed E-state index contributed by atoms with van der Waals surface area (Å²) >= 11 is 0. The summed E-state index contributed by atoms with van der Waals surface area (Å²) in [6.07, 6.45) is 0. The van der Waals surface area contributed by atoms with Crippen LogP contribution in [0.2, 0.25) is 0 Å². The van der Waals surface area contributed by atoms with Gasteiger partial charge in [-0.2, -0.15) is 0 Å². The van der Waals surface area contributed by atoms with Crippen LogP contribution in [-0.4, -0.2) is 4.92 Å². The number of nitro groups is 1. The van der Waals surface area contributed by atoms with Crippen LogP contribution in [0.5, 0.6) is 0 Å². The predicted molar refractivity (Wildman–Crippen MR) is 96.6 cm³/mol. The lowest BCUT2D eigenvalue weighted by Crippen LogP contribution is -1.91. The molecule has 0 amide bonds. The van der Waals surface area contributed by atoms with Gasteiger partial charge in [0.2, 0.25) is 0 Å². The van der Waals surface area contributed by atoms with E-state index in [4.69, 9.17) is 0 Å². The molecular weight excluding hydrogens is 274 g/mol. The van der Waals surface area contributed by atoms with Gasteiger partial charge in [-0.1, -0.05) is 68.8 Å². The smallest absolute Gasteiger partial charge is 0.258 e. The van der Waals surface area contributed by atoms with Gasteiger partial charge in [0, 0.05) is 11.6 Å². The first kappa shape index (κ1) is 22.1. The van der Waals surface area contributed by atoms with Crippen molar-refractivity contribution >= 4 is 5.69 Å². The molecule has 3 heteroatoms. The van der Waals surface area contributed by atoms with Crippen LogP contribution < -0.4 is 0 Å². The Kier molecular flexibility index (Phi) is 11.6. The molecule has 0 saturated carbocycles. The zero-order chi connectivity index (χ0) is 16.4. The maximum Gasteiger partial charge on any atom is 0.272 e. The zero-order valence-corrected chi connectivity index (χ0v) is 13.8. The lowest BCUT2D eigenvalue weighted by atomic mass is 10.1. The molecule has 122 valence electrons. The van der Waals surface area contributed by atoms with E-state index >= 15 is 0 Å². The van der Waals surface area contributed by atoms with Crippen LogP contribution >= 0.6 is 0 Å². The van der Waals surface area contributed by atoms with E-state index in [-0.39, 0.29) is 18.0 Å². The molecule has 3 nitrogen and oxygen atoms in total. The van der Waals surface area contributed by atoms with Crippen molar-refractivity contribution in [3.63, 3.8) is 0 Å². The second-order valence-corrected chi connectivity index (χ2v) is 4.70. The summed E-state index contributed by atoms with van der Waals surface area (Å²) in [4.78, 5) is 10.0. The first-order valence-electron chi connectivity index (χ1n) is 7.15. The highest BCUT2D eigenvalue weighted by Gasteiger charge is 2.08. The minimum Gasteiger partial charge on any atom is -0.258 e. The van der Waals surface area contributed by atoms with Crippen molar-refractivity contribution in [1.29, 1.82) is 0 Å². The van der Waals surface area contributed by atoms with Gasteiger partial charge in [0.25, 0.3) is 5.69 Å². The summed E-state index contributed by atoms with van der Waals surface area (Å²) in [5.74, 6) is 0. The van der Waals surface area contributed by atoms with E-state index in [0.29, 0.717) is 5.56 Å². The molecule has 0 unspecified atom stereocenters. The van der Waals surface area contributed by atoms with Crippen molar-refractivity contribution in [3.8, 4) is 0 Å². The quantitative estimate of drug-likeness (QED) is 0.466. The predicted octanol–water partition coefficient (Wildman–Crippen LogP) is 6.18. The molecule has 0 spiro atoms. The Bertz CT molecular complexity index is 539. The van der Waals surface area contributed by atoms with Crippen LogP contribution in [0.4, 0.5) is 5.69 Å². The first-order chi connectivity index (χ1) is 9.90. The Morgan fingerprint density at radius 1 is 0.773 bits per heavy atom. The lowest BCUT2D eigenvalue weighted by molar-refractivity contribution is -0.385. The van der Waals surface area contributed by atoms with E-state index in [1.54, 1.807) is 19.1 Å². The molecule has 0 aromatic heterocycles. The molecule has 0 heterocycles. The Labute approximate surface area is 135 Å². The standard InChI is InChI=1S/C8H9NO2.C8H10.C2H6.CH4/c1-6-3-4-7(2)8(5-6)9(10)11;1-7-3-5-8(2)6-4-7;1-2;/h3-5H,1-2H3;3-6H,1-2H3;1-2H3;1H4. The Morgan fingerprint density at radius 2 is 1.14 bits per heavy atom. The van der Waals surface area contributed by atoms with E-state index in [1.165, 1.54) is 11.1 Å². The average molecular weight is 303 g/mol. The lowest BCUT2D eigenvalue weighted by Gasteiger charge is -1.96. The summed E-state index contributed by atoms with van der Waals surface area (Å²) in [5.41, 5.74) is 4.49. The first-order valence-corrected chi connectivity index (χ1v) is 7.15. The average Bonchev–Trinajstić information content (AvgIpc) is 2.47. The molecular formula is C19H29NO2. The summed E-state index contributed by atoms with van der Waals surface area (Å²) in [7, 11) is 0. The molecule has 0 radical (unpaired) electrons. The number of benzene rings is 2. The van der Waals surface area contributed by atoms with Gasteiger partial charge >= 0.3 is 0 Å². The summed E-state index contributed by atoms with van der Waals surface area (Å²) < 4.78 is 0. The molecule has 0 aliphatic rings. The van der Waals surface area contributed by atoms with Gasteiger partial charge in [-0.05, 0) is 33.3 Å². The van der Waals surface area contributed by atoms with Gasteiger partial charge in [0.15, 0.2) is 0 Å². The van der Waals surface area contributed by atoms with Crippen LogP contribution in [0.15, 0.2) is 42.5 Å². The summed E-state index contributed by atoms with van der Waals surface area (Å²) in [6.45, 7) is 11.8. The van der Waals surface area contributed by atoms with E-state index in [9.17, 15) is 10.1 Å². The molecule has 22 heavy (non-hydrogen) atoms. The van der Waals surface area contributed by atoms with E-state index in [1.807, 2.05) is 26.8 Å². The highest BCUT2D eigenvalue weighted by atomic mass is 16.6. The number of rotatable bonds is 1. The van der Waals surface area contributed by atoms with E-state index < -0.39 is 0 Å². The molecule has 0 bridgehead atoms. The molecule has 2 aromatic carbocycles. The summed E-state index contributed by atoms with van der Waals surface area (Å²) in [5, 5.41) is 10.4. The van der Waals surface area contributed by atoms with Crippen molar-refractivity contribution < 1.29 is 4.92 Å². The highest BCUT2D eigenvalue weighted by molar-refractivity contribution is 5.41. The Hall–Kier alpha value is -2.16. The third-order valence-corrected chi connectivity index (χ3v) is 2.78. The van der Waals surface area contributed by atoms with Crippen molar-refractivity contribution in [2.75, 3.05) is 0 Å². The van der Waals surface area contributed by atoms with Gasteiger partial charge in [0.05, 0.1) is 4.92 Å². The van der Waals surface area contributed by atoms with Gasteiger partial charge in [-0.25, -0.2) is 0 Å². The molecule has 0 aliphatic heterocycles. The Balaban J connectivity index is 0. The van der Waals surface area contributed by atoms with Crippen LogP contribution in [0.1, 0.15) is 43.5 Å². The van der Waals surface area contributed by atoms with E-state index in [2.05, 4.69) is 38.1 Å². The molecule has 0 fully saturated rings. The second-order valence-electron chi connectivity index (χ2n) is 4.70. The fraction of sp³-hybridized carbons (Fsp3) is 0.368.